The maximum atomic E-state index is 13.3. The molecule has 4 rings (SSSR count). The zero-order valence-corrected chi connectivity index (χ0v) is 25.7. The van der Waals surface area contributed by atoms with Gasteiger partial charge in [-0.3, -0.25) is 9.80 Å². The molecule has 2 aliphatic rings. The van der Waals surface area contributed by atoms with Crippen molar-refractivity contribution in [2.75, 3.05) is 57.8 Å². The van der Waals surface area contributed by atoms with Crippen LogP contribution in [0.3, 0.4) is 0 Å². The third-order valence-electron chi connectivity index (χ3n) is 7.96. The van der Waals surface area contributed by atoms with Gasteiger partial charge in [0.05, 0.1) is 5.83 Å². The molecular weight excluding hydrogens is 516 g/mol. The topological polar surface area (TPSA) is 34.6 Å². The van der Waals surface area contributed by atoms with Gasteiger partial charge < -0.3 is 10.2 Å². The first-order valence-electron chi connectivity index (χ1n) is 15.0. The van der Waals surface area contributed by atoms with Crippen molar-refractivity contribution < 1.29 is 8.78 Å². The van der Waals surface area contributed by atoms with Crippen molar-refractivity contribution >= 4 is 11.9 Å². The molecular formula is C34H49F2N5. The minimum Gasteiger partial charge on any atom is -0.354 e. The molecule has 41 heavy (non-hydrogen) atoms. The van der Waals surface area contributed by atoms with E-state index in [0.29, 0.717) is 18.0 Å². The Morgan fingerprint density at radius 3 is 2.34 bits per heavy atom. The van der Waals surface area contributed by atoms with E-state index in [2.05, 4.69) is 51.5 Å². The van der Waals surface area contributed by atoms with E-state index >= 15 is 0 Å². The van der Waals surface area contributed by atoms with E-state index in [1.165, 1.54) is 30.0 Å². The molecule has 0 saturated carbocycles. The van der Waals surface area contributed by atoms with Gasteiger partial charge in [-0.2, -0.15) is 0 Å². The van der Waals surface area contributed by atoms with Crippen LogP contribution >= 0.6 is 0 Å². The molecule has 2 aliphatic heterocycles. The van der Waals surface area contributed by atoms with Crippen LogP contribution in [0, 0.1) is 19.7 Å². The highest BCUT2D eigenvalue weighted by atomic mass is 19.1. The molecule has 224 valence electrons. The summed E-state index contributed by atoms with van der Waals surface area (Å²) in [7, 11) is 1.87. The second-order valence-corrected chi connectivity index (χ2v) is 11.2. The third kappa shape index (κ3) is 10.2. The highest BCUT2D eigenvalue weighted by Crippen LogP contribution is 2.23. The van der Waals surface area contributed by atoms with Gasteiger partial charge in [-0.25, -0.2) is 13.8 Å². The summed E-state index contributed by atoms with van der Waals surface area (Å²) in [6.45, 7) is 20.0. The van der Waals surface area contributed by atoms with E-state index in [9.17, 15) is 8.78 Å². The monoisotopic (exact) mass is 565 g/mol. The van der Waals surface area contributed by atoms with E-state index in [-0.39, 0.29) is 11.6 Å². The molecule has 1 N–H and O–H groups in total. The van der Waals surface area contributed by atoms with Gasteiger partial charge in [0.25, 0.3) is 0 Å². The lowest BCUT2D eigenvalue weighted by Gasteiger charge is -2.43. The molecule has 0 bridgehead atoms. The van der Waals surface area contributed by atoms with Crippen LogP contribution in [0.25, 0.3) is 6.08 Å². The van der Waals surface area contributed by atoms with Gasteiger partial charge in [-0.05, 0) is 101 Å². The molecule has 1 aromatic carbocycles. The van der Waals surface area contributed by atoms with Crippen LogP contribution in [0.15, 0.2) is 60.6 Å². The van der Waals surface area contributed by atoms with Gasteiger partial charge in [-0.15, -0.1) is 0 Å². The molecule has 2 fully saturated rings. The molecule has 2 aromatic rings. The predicted molar refractivity (Wildman–Crippen MR) is 169 cm³/mol. The SMILES string of the molecule is C=Cc1cnc(N2CCN(C3CCN(C/C(C)=C/C=C(/F)CC)CC3)CC2)c(C)c1.CNCc1ccc(F)c(C)c1. The number of anilines is 1. The lowest BCUT2D eigenvalue weighted by atomic mass is 10.0. The molecule has 0 unspecified atom stereocenters. The second-order valence-electron chi connectivity index (χ2n) is 11.2. The van der Waals surface area contributed by atoms with Crippen molar-refractivity contribution in [2.24, 2.45) is 0 Å². The number of piperidine rings is 1. The Kier molecular flexibility index (Phi) is 13.2. The molecule has 0 amide bonds. The van der Waals surface area contributed by atoms with Crippen LogP contribution in [-0.4, -0.2) is 73.7 Å². The van der Waals surface area contributed by atoms with Gasteiger partial charge in [0.1, 0.15) is 11.6 Å². The maximum Gasteiger partial charge on any atom is 0.131 e. The van der Waals surface area contributed by atoms with Crippen LogP contribution in [0.5, 0.6) is 0 Å². The van der Waals surface area contributed by atoms with Crippen molar-refractivity contribution in [2.45, 2.75) is 59.5 Å². The first-order valence-corrected chi connectivity index (χ1v) is 15.0. The molecule has 0 radical (unpaired) electrons. The lowest BCUT2D eigenvalue weighted by Crippen LogP contribution is -2.53. The number of aryl methyl sites for hydroxylation is 2. The first kappa shape index (κ1) is 32.6. The molecule has 1 aromatic heterocycles. The number of benzene rings is 1. The van der Waals surface area contributed by atoms with Crippen LogP contribution in [-0.2, 0) is 6.54 Å². The van der Waals surface area contributed by atoms with Crippen molar-refractivity contribution in [3.63, 3.8) is 0 Å². The summed E-state index contributed by atoms with van der Waals surface area (Å²) in [6, 6.07) is 8.00. The average molecular weight is 566 g/mol. The minimum absolute atomic E-state index is 0.0470. The Labute approximate surface area is 246 Å². The molecule has 3 heterocycles. The smallest absolute Gasteiger partial charge is 0.131 e. The number of likely N-dealkylation sites (tertiary alicyclic amines) is 1. The Morgan fingerprint density at radius 1 is 1.05 bits per heavy atom. The van der Waals surface area contributed by atoms with Gasteiger partial charge in [0.15, 0.2) is 0 Å². The van der Waals surface area contributed by atoms with E-state index in [0.717, 1.165) is 69.3 Å². The fourth-order valence-electron chi connectivity index (χ4n) is 5.55. The second kappa shape index (κ2) is 16.5. The summed E-state index contributed by atoms with van der Waals surface area (Å²) in [5.74, 6) is 0.935. The van der Waals surface area contributed by atoms with Crippen LogP contribution < -0.4 is 10.2 Å². The number of hydrogen-bond acceptors (Lipinski definition) is 5. The highest BCUT2D eigenvalue weighted by molar-refractivity contribution is 5.54. The number of halogens is 2. The van der Waals surface area contributed by atoms with E-state index < -0.39 is 0 Å². The van der Waals surface area contributed by atoms with Gasteiger partial charge >= 0.3 is 0 Å². The predicted octanol–water partition coefficient (Wildman–Crippen LogP) is 6.68. The van der Waals surface area contributed by atoms with Gasteiger partial charge in [0, 0.05) is 51.5 Å². The van der Waals surface area contributed by atoms with Crippen LogP contribution in [0.2, 0.25) is 0 Å². The largest absolute Gasteiger partial charge is 0.354 e. The number of pyridine rings is 1. The average Bonchev–Trinajstić information content (AvgIpc) is 2.98. The van der Waals surface area contributed by atoms with Crippen molar-refractivity contribution in [1.29, 1.82) is 0 Å². The van der Waals surface area contributed by atoms with Crippen molar-refractivity contribution in [1.82, 2.24) is 20.1 Å². The number of piperazine rings is 1. The summed E-state index contributed by atoms with van der Waals surface area (Å²) >= 11 is 0. The molecule has 2 saturated heterocycles. The summed E-state index contributed by atoms with van der Waals surface area (Å²) in [5.41, 5.74) is 5.37. The summed E-state index contributed by atoms with van der Waals surface area (Å²) in [5, 5.41) is 3.01. The van der Waals surface area contributed by atoms with Gasteiger partial charge in [0.2, 0.25) is 0 Å². The number of hydrogen-bond donors (Lipinski definition) is 1. The van der Waals surface area contributed by atoms with Crippen molar-refractivity contribution in [3.05, 3.63) is 88.7 Å². The zero-order chi connectivity index (χ0) is 29.8. The fraction of sp³-hybridized carbons (Fsp3) is 0.500. The number of nitrogens with zero attached hydrogens (tertiary/aromatic N) is 4. The Bertz CT molecular complexity index is 1180. The Balaban J connectivity index is 0.000000352. The molecule has 7 heteroatoms. The molecule has 0 atom stereocenters. The normalized spacial score (nSPS) is 17.8. The van der Waals surface area contributed by atoms with Crippen LogP contribution in [0.1, 0.15) is 55.4 Å². The van der Waals surface area contributed by atoms with Crippen molar-refractivity contribution in [3.8, 4) is 0 Å². The van der Waals surface area contributed by atoms with Crippen LogP contribution in [0.4, 0.5) is 14.6 Å². The van der Waals surface area contributed by atoms with E-state index in [1.54, 1.807) is 19.1 Å². The Morgan fingerprint density at radius 2 is 1.76 bits per heavy atom. The van der Waals surface area contributed by atoms with Gasteiger partial charge in [-0.1, -0.05) is 43.4 Å². The lowest BCUT2D eigenvalue weighted by molar-refractivity contribution is 0.107. The number of rotatable bonds is 9. The number of aromatic nitrogens is 1. The highest BCUT2D eigenvalue weighted by Gasteiger charge is 2.28. The quantitative estimate of drug-likeness (QED) is 0.343. The molecule has 0 spiro atoms. The fourth-order valence-corrected chi connectivity index (χ4v) is 5.55. The molecule has 5 nitrogen and oxygen atoms in total. The summed E-state index contributed by atoms with van der Waals surface area (Å²) in [4.78, 5) is 12.3. The minimum atomic E-state index is -0.134. The summed E-state index contributed by atoms with van der Waals surface area (Å²) in [6.07, 6.45) is 10.2. The Hall–Kier alpha value is -2.87. The maximum absolute atomic E-state index is 13.3. The number of allylic oxidation sites excluding steroid dienone is 3. The number of nitrogens with one attached hydrogen (secondary N) is 1. The van der Waals surface area contributed by atoms with E-state index in [1.807, 2.05) is 38.4 Å². The standard InChI is InChI=1S/C25H37FN4.C9H12FN/c1-5-22-17-21(4)25(27-18-22)30-15-13-29(14-16-30)24-9-11-28(12-10-24)19-20(3)7-8-23(26)6-2;1-7-5-8(6-11-2)3-4-9(7)10/h5,7-8,17-18,24H,1,6,9-16,19H2,2-4H3;3-5,11H,6H2,1-2H3/b20-7+,23-8+;. The van der Waals surface area contributed by atoms with E-state index in [4.69, 9.17) is 0 Å². The third-order valence-corrected chi connectivity index (χ3v) is 7.96. The zero-order valence-electron chi connectivity index (χ0n) is 25.7. The summed E-state index contributed by atoms with van der Waals surface area (Å²) < 4.78 is 26.0. The molecule has 0 aliphatic carbocycles. The first-order chi connectivity index (χ1) is 19.7.